The molecule has 1 heterocycles. The summed E-state index contributed by atoms with van der Waals surface area (Å²) in [6, 6.07) is 2.12. The fourth-order valence-corrected chi connectivity index (χ4v) is 3.99. The van der Waals surface area contributed by atoms with Crippen molar-refractivity contribution in [3.8, 4) is 0 Å². The number of fused-ring (bicyclic) bond motifs is 1. The number of hydrogen-bond acceptors (Lipinski definition) is 3. The van der Waals surface area contributed by atoms with Crippen molar-refractivity contribution in [2.24, 2.45) is 0 Å². The van der Waals surface area contributed by atoms with E-state index in [9.17, 15) is 4.79 Å². The van der Waals surface area contributed by atoms with Crippen LogP contribution in [0.3, 0.4) is 0 Å². The largest absolute Gasteiger partial charge is 0.396 e. The van der Waals surface area contributed by atoms with Gasteiger partial charge in [0.25, 0.3) is 5.91 Å². The minimum Gasteiger partial charge on any atom is -0.396 e. The molecule has 1 aromatic rings. The number of aryl methyl sites for hydroxylation is 2. The second kappa shape index (κ2) is 7.79. The summed E-state index contributed by atoms with van der Waals surface area (Å²) in [5.41, 5.74) is 1.40. The molecular formula is C16H25NO2S. The standard InChI is InChI=1S/C16H25NO2S/c1-2-17(10-7-11-18)16(19)15-12-13-8-5-3-4-6-9-14(13)20-15/h12,18H,2-11H2,1H3. The number of rotatable bonds is 5. The van der Waals surface area contributed by atoms with Crippen LogP contribution in [0.1, 0.15) is 59.1 Å². The third-order valence-electron chi connectivity index (χ3n) is 3.96. The number of aliphatic hydroxyl groups is 1. The van der Waals surface area contributed by atoms with Gasteiger partial charge >= 0.3 is 0 Å². The van der Waals surface area contributed by atoms with Crippen molar-refractivity contribution in [2.75, 3.05) is 19.7 Å². The van der Waals surface area contributed by atoms with Crippen molar-refractivity contribution in [3.63, 3.8) is 0 Å². The van der Waals surface area contributed by atoms with Crippen molar-refractivity contribution in [1.29, 1.82) is 0 Å². The molecule has 0 radical (unpaired) electrons. The molecule has 0 saturated carbocycles. The third-order valence-corrected chi connectivity index (χ3v) is 5.19. The van der Waals surface area contributed by atoms with E-state index in [1.54, 1.807) is 11.3 Å². The number of carbonyl (C=O) groups excluding carboxylic acids is 1. The van der Waals surface area contributed by atoms with Gasteiger partial charge in [0.05, 0.1) is 4.88 Å². The first kappa shape index (κ1) is 15.5. The first-order valence-electron chi connectivity index (χ1n) is 7.78. The van der Waals surface area contributed by atoms with Gasteiger partial charge in [-0.05, 0) is 50.7 Å². The van der Waals surface area contributed by atoms with Crippen molar-refractivity contribution < 1.29 is 9.90 Å². The molecule has 0 unspecified atom stereocenters. The third kappa shape index (κ3) is 3.83. The van der Waals surface area contributed by atoms with Crippen LogP contribution in [0.15, 0.2) is 6.07 Å². The molecule has 0 saturated heterocycles. The highest BCUT2D eigenvalue weighted by atomic mass is 32.1. The molecule has 0 spiro atoms. The van der Waals surface area contributed by atoms with Crippen LogP contribution in [0.5, 0.6) is 0 Å². The molecular weight excluding hydrogens is 270 g/mol. The van der Waals surface area contributed by atoms with Crippen molar-refractivity contribution in [3.05, 3.63) is 21.4 Å². The average Bonchev–Trinajstić information content (AvgIpc) is 2.82. The Labute approximate surface area is 125 Å². The lowest BCUT2D eigenvalue weighted by atomic mass is 10.00. The molecule has 0 atom stereocenters. The Bertz CT molecular complexity index is 416. The van der Waals surface area contributed by atoms with Gasteiger partial charge in [-0.3, -0.25) is 4.79 Å². The Hall–Kier alpha value is -0.870. The molecule has 1 aromatic heterocycles. The van der Waals surface area contributed by atoms with Gasteiger partial charge in [0, 0.05) is 24.6 Å². The highest BCUT2D eigenvalue weighted by Gasteiger charge is 2.19. The van der Waals surface area contributed by atoms with Gasteiger partial charge in [0.2, 0.25) is 0 Å². The maximum absolute atomic E-state index is 12.5. The molecule has 1 aliphatic carbocycles. The molecule has 0 aliphatic heterocycles. The summed E-state index contributed by atoms with van der Waals surface area (Å²) in [4.78, 5) is 16.7. The van der Waals surface area contributed by atoms with Crippen molar-refractivity contribution in [2.45, 2.75) is 51.9 Å². The molecule has 0 bridgehead atoms. The smallest absolute Gasteiger partial charge is 0.263 e. The summed E-state index contributed by atoms with van der Waals surface area (Å²) < 4.78 is 0. The highest BCUT2D eigenvalue weighted by Crippen LogP contribution is 2.29. The molecule has 0 aromatic carbocycles. The average molecular weight is 295 g/mol. The summed E-state index contributed by atoms with van der Waals surface area (Å²) in [5.74, 6) is 0.137. The van der Waals surface area contributed by atoms with E-state index in [0.29, 0.717) is 19.5 Å². The molecule has 0 fully saturated rings. The Morgan fingerprint density at radius 3 is 2.75 bits per heavy atom. The van der Waals surface area contributed by atoms with Gasteiger partial charge in [-0.25, -0.2) is 0 Å². The lowest BCUT2D eigenvalue weighted by Gasteiger charge is -2.19. The first-order valence-corrected chi connectivity index (χ1v) is 8.59. The Morgan fingerprint density at radius 1 is 1.30 bits per heavy atom. The Balaban J connectivity index is 2.11. The minimum absolute atomic E-state index is 0.137. The predicted molar refractivity (Wildman–Crippen MR) is 83.5 cm³/mol. The molecule has 20 heavy (non-hydrogen) atoms. The number of hydrogen-bond donors (Lipinski definition) is 1. The van der Waals surface area contributed by atoms with Crippen LogP contribution in [0, 0.1) is 0 Å². The van der Waals surface area contributed by atoms with Crippen LogP contribution in [-0.2, 0) is 12.8 Å². The summed E-state index contributed by atoms with van der Waals surface area (Å²) in [7, 11) is 0. The van der Waals surface area contributed by atoms with E-state index in [1.807, 2.05) is 11.8 Å². The van der Waals surface area contributed by atoms with Crippen LogP contribution in [0.25, 0.3) is 0 Å². The van der Waals surface area contributed by atoms with Gasteiger partial charge in [-0.15, -0.1) is 11.3 Å². The van der Waals surface area contributed by atoms with Gasteiger partial charge in [0.15, 0.2) is 0 Å². The van der Waals surface area contributed by atoms with E-state index in [4.69, 9.17) is 5.11 Å². The van der Waals surface area contributed by atoms with Gasteiger partial charge in [0.1, 0.15) is 0 Å². The SMILES string of the molecule is CCN(CCCO)C(=O)c1cc2c(s1)CCCCCC2. The van der Waals surface area contributed by atoms with E-state index in [0.717, 1.165) is 17.7 Å². The predicted octanol–water partition coefficient (Wildman–Crippen LogP) is 3.25. The van der Waals surface area contributed by atoms with Gasteiger partial charge in [-0.1, -0.05) is 12.8 Å². The monoisotopic (exact) mass is 295 g/mol. The zero-order chi connectivity index (χ0) is 14.4. The fraction of sp³-hybridized carbons (Fsp3) is 0.688. The van der Waals surface area contributed by atoms with Crippen molar-refractivity contribution >= 4 is 17.2 Å². The lowest BCUT2D eigenvalue weighted by Crippen LogP contribution is -2.31. The van der Waals surface area contributed by atoms with Crippen LogP contribution < -0.4 is 0 Å². The second-order valence-electron chi connectivity index (χ2n) is 5.44. The molecule has 112 valence electrons. The first-order chi connectivity index (χ1) is 9.76. The molecule has 2 rings (SSSR count). The maximum Gasteiger partial charge on any atom is 0.263 e. The maximum atomic E-state index is 12.5. The number of carbonyl (C=O) groups is 1. The van der Waals surface area contributed by atoms with E-state index in [2.05, 4.69) is 6.07 Å². The highest BCUT2D eigenvalue weighted by molar-refractivity contribution is 7.14. The second-order valence-corrected chi connectivity index (χ2v) is 6.57. The zero-order valence-electron chi connectivity index (χ0n) is 12.4. The molecule has 3 nitrogen and oxygen atoms in total. The van der Waals surface area contributed by atoms with E-state index in [-0.39, 0.29) is 12.5 Å². The van der Waals surface area contributed by atoms with Crippen LogP contribution in [0.4, 0.5) is 0 Å². The number of aliphatic hydroxyl groups excluding tert-OH is 1. The summed E-state index contributed by atoms with van der Waals surface area (Å²) in [6.45, 7) is 3.50. The summed E-state index contributed by atoms with van der Waals surface area (Å²) in [6.07, 6.45) is 8.06. The van der Waals surface area contributed by atoms with Crippen LogP contribution in [-0.4, -0.2) is 35.6 Å². The lowest BCUT2D eigenvalue weighted by molar-refractivity contribution is 0.0759. The van der Waals surface area contributed by atoms with E-state index < -0.39 is 0 Å². The number of thiophene rings is 1. The Kier molecular flexibility index (Phi) is 6.05. The van der Waals surface area contributed by atoms with Gasteiger partial charge < -0.3 is 10.0 Å². The van der Waals surface area contributed by atoms with Crippen molar-refractivity contribution in [1.82, 2.24) is 4.90 Å². The summed E-state index contributed by atoms with van der Waals surface area (Å²) in [5, 5.41) is 8.92. The van der Waals surface area contributed by atoms with Gasteiger partial charge in [-0.2, -0.15) is 0 Å². The zero-order valence-corrected chi connectivity index (χ0v) is 13.2. The fourth-order valence-electron chi connectivity index (χ4n) is 2.77. The summed E-state index contributed by atoms with van der Waals surface area (Å²) >= 11 is 1.69. The topological polar surface area (TPSA) is 40.5 Å². The number of nitrogens with zero attached hydrogens (tertiary/aromatic N) is 1. The minimum atomic E-state index is 0.137. The van der Waals surface area contributed by atoms with E-state index in [1.165, 1.54) is 36.1 Å². The number of amides is 1. The normalized spacial score (nSPS) is 15.3. The molecule has 1 aliphatic rings. The molecule has 4 heteroatoms. The van der Waals surface area contributed by atoms with Crippen LogP contribution in [0.2, 0.25) is 0 Å². The quantitative estimate of drug-likeness (QED) is 0.906. The Morgan fingerprint density at radius 2 is 2.05 bits per heavy atom. The van der Waals surface area contributed by atoms with E-state index >= 15 is 0 Å². The van der Waals surface area contributed by atoms with Crippen LogP contribution >= 0.6 is 11.3 Å². The molecule has 1 N–H and O–H groups in total. The molecule has 1 amide bonds.